The average Bonchev–Trinajstić information content (AvgIpc) is 3.00. The molecule has 0 bridgehead atoms. The number of ether oxygens (including phenoxy) is 1. The predicted octanol–water partition coefficient (Wildman–Crippen LogP) is 1.25. The van der Waals surface area contributed by atoms with Crippen LogP contribution in [0, 0.1) is 16.2 Å². The largest absolute Gasteiger partial charge is 1.00 e. The van der Waals surface area contributed by atoms with Crippen LogP contribution in [-0.2, 0) is 9.53 Å². The van der Waals surface area contributed by atoms with Crippen LogP contribution >= 0.6 is 0 Å². The maximum absolute atomic E-state index is 11.2. The van der Waals surface area contributed by atoms with Gasteiger partial charge in [-0.2, -0.15) is 6.08 Å². The Kier molecular flexibility index (Phi) is 8.32. The van der Waals surface area contributed by atoms with Crippen molar-refractivity contribution in [3.63, 3.8) is 0 Å². The summed E-state index contributed by atoms with van der Waals surface area (Å²) in [5.74, 6) is -0.237. The Labute approximate surface area is 211 Å². The van der Waals surface area contributed by atoms with Crippen LogP contribution < -0.4 is 55.9 Å². The van der Waals surface area contributed by atoms with Crippen LogP contribution in [0.25, 0.3) is 11.1 Å². The molecule has 2 aliphatic rings. The Morgan fingerprint density at radius 3 is 2.17 bits per heavy atom. The first kappa shape index (κ1) is 23.5. The molecule has 0 spiro atoms. The van der Waals surface area contributed by atoms with Gasteiger partial charge in [0.05, 0.1) is 11.5 Å². The number of nitrogens with zero attached hydrogens (tertiary/aromatic N) is 2. The fourth-order valence-corrected chi connectivity index (χ4v) is 3.90. The topological polar surface area (TPSA) is 89.7 Å². The van der Waals surface area contributed by atoms with Crippen molar-refractivity contribution in [3.05, 3.63) is 82.8 Å². The van der Waals surface area contributed by atoms with Gasteiger partial charge in [-0.3, -0.25) is 14.9 Å². The smallest absolute Gasteiger partial charge is 0.483 e. The van der Waals surface area contributed by atoms with Crippen molar-refractivity contribution < 1.29 is 70.9 Å². The predicted molar refractivity (Wildman–Crippen MR) is 105 cm³/mol. The second-order valence-electron chi connectivity index (χ2n) is 6.30. The summed E-state index contributed by atoms with van der Waals surface area (Å²) < 4.78 is 6.19. The van der Waals surface area contributed by atoms with Crippen LogP contribution in [0.15, 0.2) is 66.6 Å². The zero-order valence-electron chi connectivity index (χ0n) is 16.3. The van der Waals surface area contributed by atoms with Gasteiger partial charge in [0.2, 0.25) is 0 Å². The summed E-state index contributed by atoms with van der Waals surface area (Å²) >= 11 is 0. The van der Waals surface area contributed by atoms with Gasteiger partial charge in [0.1, 0.15) is 11.4 Å². The van der Waals surface area contributed by atoms with Gasteiger partial charge in [-0.05, 0) is 18.6 Å². The molecule has 0 aromatic heterocycles. The van der Waals surface area contributed by atoms with E-state index in [0.29, 0.717) is 4.48 Å². The summed E-state index contributed by atoms with van der Waals surface area (Å²) in [6.45, 7) is 2.63. The van der Waals surface area contributed by atoms with Crippen molar-refractivity contribution in [1.82, 2.24) is 4.48 Å². The van der Waals surface area contributed by atoms with Gasteiger partial charge >= 0.3 is 57.3 Å². The minimum atomic E-state index is -0.588. The van der Waals surface area contributed by atoms with Crippen LogP contribution in [0.5, 0.6) is 0 Å². The summed E-state index contributed by atoms with van der Waals surface area (Å²) in [7, 11) is 0. The molecular formula is C21H20KN2O5+. The van der Waals surface area contributed by atoms with Crippen LogP contribution in [0.2, 0.25) is 0 Å². The van der Waals surface area contributed by atoms with Crippen molar-refractivity contribution in [2.24, 2.45) is 0 Å². The fraction of sp³-hybridized carbons (Fsp3) is 0.190. The zero-order chi connectivity index (χ0) is 20.1. The number of carboxylic acid groups (broad SMARTS) is 1. The molecule has 0 saturated carbocycles. The van der Waals surface area contributed by atoms with Crippen molar-refractivity contribution in [1.29, 1.82) is 0 Å². The second kappa shape index (κ2) is 10.3. The van der Waals surface area contributed by atoms with E-state index in [-0.39, 0.29) is 63.7 Å². The Morgan fingerprint density at radius 1 is 1.17 bits per heavy atom. The number of para-hydroxylation sites is 2. The molecule has 2 aromatic rings. The third-order valence-electron chi connectivity index (χ3n) is 4.81. The van der Waals surface area contributed by atoms with Crippen LogP contribution in [0.1, 0.15) is 13.3 Å². The summed E-state index contributed by atoms with van der Waals surface area (Å²) in [6.07, 6.45) is 6.47. The van der Waals surface area contributed by atoms with Crippen LogP contribution in [-0.4, -0.2) is 29.3 Å². The molecule has 2 aromatic carbocycles. The molecule has 29 heavy (non-hydrogen) atoms. The molecule has 7 nitrogen and oxygen atoms in total. The summed E-state index contributed by atoms with van der Waals surface area (Å²) in [5, 5.41) is 18.1. The molecule has 1 unspecified atom stereocenters. The van der Waals surface area contributed by atoms with E-state index in [1.165, 1.54) is 6.08 Å². The quantitative estimate of drug-likeness (QED) is 0.201. The van der Waals surface area contributed by atoms with E-state index in [1.54, 1.807) is 6.08 Å². The van der Waals surface area contributed by atoms with E-state index in [0.717, 1.165) is 35.5 Å². The molecular weight excluding hydrogens is 399 g/mol. The maximum atomic E-state index is 11.2. The molecule has 1 N–H and O–H groups in total. The van der Waals surface area contributed by atoms with Crippen molar-refractivity contribution in [2.75, 3.05) is 6.54 Å². The Hall–Kier alpha value is -1.81. The number of hydrogen-bond acceptors (Lipinski definition) is 4. The van der Waals surface area contributed by atoms with Crippen molar-refractivity contribution in [3.8, 4) is 11.1 Å². The van der Waals surface area contributed by atoms with Gasteiger partial charge in [-0.1, -0.05) is 37.3 Å². The van der Waals surface area contributed by atoms with E-state index >= 15 is 0 Å². The first-order chi connectivity index (χ1) is 13.6. The maximum Gasteiger partial charge on any atom is 1.00 e. The number of quaternary nitrogens is 1. The van der Waals surface area contributed by atoms with E-state index in [1.807, 2.05) is 24.3 Å². The van der Waals surface area contributed by atoms with Gasteiger partial charge in [-0.15, -0.1) is 0 Å². The van der Waals surface area contributed by atoms with E-state index in [4.69, 9.17) is 14.6 Å². The fourth-order valence-electron chi connectivity index (χ4n) is 3.90. The number of nitro groups is 1. The second-order valence-corrected chi connectivity index (χ2v) is 6.30. The monoisotopic (exact) mass is 419 g/mol. The number of fused-ring (bicyclic) bond motifs is 3. The third kappa shape index (κ3) is 4.23. The molecule has 0 aliphatic carbocycles. The molecule has 144 valence electrons. The van der Waals surface area contributed by atoms with Gasteiger partial charge in [-0.25, -0.2) is 10.6 Å². The third-order valence-corrected chi connectivity index (χ3v) is 4.81. The van der Waals surface area contributed by atoms with Crippen molar-refractivity contribution >= 4 is 17.8 Å². The Balaban J connectivity index is 0.000000708. The minimum absolute atomic E-state index is 0. The molecule has 1 atom stereocenters. The molecule has 0 saturated heterocycles. The Morgan fingerprint density at radius 2 is 1.69 bits per heavy atom. The number of benzene rings is 2. The van der Waals surface area contributed by atoms with Gasteiger partial charge in [0.25, 0.3) is 6.47 Å². The van der Waals surface area contributed by atoms with Gasteiger partial charge in [0, 0.05) is 23.3 Å². The van der Waals surface area contributed by atoms with Crippen LogP contribution in [0.4, 0.5) is 11.4 Å². The van der Waals surface area contributed by atoms with Gasteiger partial charge in [0.15, 0.2) is 6.23 Å². The standard InChI is InChI=1S/C20H18N2O3.CH2O2.K/c1-2-14-22(20-13-7-12-19(25-20)21(23)24)17-10-5-3-8-15(17)16-9-4-6-11-18(16)22;2-1-3;/h3-12,20H,2,14H2,1H3;1H,(H,2,3);/q;;+1. The number of rotatable bonds is 4. The number of allylic oxidation sites excluding steroid dienone is 2. The number of carbonyl (C=O) groups is 1. The molecule has 0 fully saturated rings. The normalized spacial score (nSPS) is 17.3. The van der Waals surface area contributed by atoms with Gasteiger partial charge < -0.3 is 9.84 Å². The molecule has 2 aliphatic heterocycles. The molecule has 4 rings (SSSR count). The van der Waals surface area contributed by atoms with Crippen molar-refractivity contribution in [2.45, 2.75) is 19.6 Å². The first-order valence-corrected chi connectivity index (χ1v) is 8.86. The summed E-state index contributed by atoms with van der Waals surface area (Å²) in [5.41, 5.74) is 4.49. The molecule has 0 radical (unpaired) electrons. The van der Waals surface area contributed by atoms with Crippen LogP contribution in [0.3, 0.4) is 0 Å². The van der Waals surface area contributed by atoms with E-state index in [2.05, 4.69) is 37.3 Å². The number of hydrogen-bond donors (Lipinski definition) is 1. The van der Waals surface area contributed by atoms with E-state index < -0.39 is 11.2 Å². The molecule has 0 amide bonds. The zero-order valence-corrected chi connectivity index (χ0v) is 19.4. The average molecular weight is 419 g/mol. The Bertz CT molecular complexity index is 912. The first-order valence-electron chi connectivity index (χ1n) is 8.86. The van der Waals surface area contributed by atoms with E-state index in [9.17, 15) is 10.1 Å². The molecule has 2 heterocycles. The SMILES string of the molecule is CCC[N+]1(C2[C-]=CC=C([N+](=O)[O-])O2)c2ccccc2-c2ccccc21.O=CO.[K+]. The summed E-state index contributed by atoms with van der Waals surface area (Å²) in [4.78, 5) is 19.1. The molecule has 8 heteroatoms. The summed E-state index contributed by atoms with van der Waals surface area (Å²) in [6, 6.07) is 16.4. The minimum Gasteiger partial charge on any atom is -0.483 e.